The second-order valence-electron chi connectivity index (χ2n) is 4.00. The monoisotopic (exact) mass is 185 g/mol. The van der Waals surface area contributed by atoms with Crippen LogP contribution in [0.25, 0.3) is 0 Å². The van der Waals surface area contributed by atoms with Crippen molar-refractivity contribution in [3.8, 4) is 0 Å². The Morgan fingerprint density at radius 2 is 1.69 bits per heavy atom. The molecule has 0 heterocycles. The molecule has 0 saturated carbocycles. The van der Waals surface area contributed by atoms with Crippen LogP contribution in [0.2, 0.25) is 0 Å². The van der Waals surface area contributed by atoms with E-state index in [1.54, 1.807) is 0 Å². The summed E-state index contributed by atoms with van der Waals surface area (Å²) >= 11 is 0. The van der Waals surface area contributed by atoms with Gasteiger partial charge in [0.15, 0.2) is 0 Å². The molecule has 0 aliphatic heterocycles. The van der Waals surface area contributed by atoms with E-state index in [2.05, 4.69) is 26.1 Å². The first-order chi connectivity index (χ1) is 6.35. The van der Waals surface area contributed by atoms with E-state index in [-0.39, 0.29) is 0 Å². The Morgan fingerprint density at radius 3 is 2.23 bits per heavy atom. The predicted octanol–water partition coefficient (Wildman–Crippen LogP) is 3.59. The van der Waals surface area contributed by atoms with Crippen LogP contribution in [0.5, 0.6) is 0 Å². The summed E-state index contributed by atoms with van der Waals surface area (Å²) in [6, 6.07) is 0. The number of nitrogens with one attached hydrogen (secondary N) is 1. The van der Waals surface area contributed by atoms with Gasteiger partial charge in [-0.1, -0.05) is 40.0 Å². The lowest BCUT2D eigenvalue weighted by Crippen LogP contribution is -2.23. The SMILES string of the molecule is CCCCC(CCC)CNCCC. The van der Waals surface area contributed by atoms with Crippen LogP contribution in [0.3, 0.4) is 0 Å². The average molecular weight is 185 g/mol. The number of rotatable bonds is 9. The lowest BCUT2D eigenvalue weighted by Gasteiger charge is -2.16. The standard InChI is InChI=1S/C12H27N/c1-4-7-9-12(8-5-2)11-13-10-6-3/h12-13H,4-11H2,1-3H3. The maximum atomic E-state index is 3.53. The van der Waals surface area contributed by atoms with Crippen molar-refractivity contribution < 1.29 is 0 Å². The first kappa shape index (κ1) is 13.0. The third-order valence-corrected chi connectivity index (χ3v) is 2.52. The Hall–Kier alpha value is -0.0400. The van der Waals surface area contributed by atoms with E-state index in [1.165, 1.54) is 51.6 Å². The maximum Gasteiger partial charge on any atom is -0.00205 e. The normalized spacial score (nSPS) is 13.2. The minimum absolute atomic E-state index is 0.927. The fourth-order valence-corrected chi connectivity index (χ4v) is 1.73. The number of hydrogen-bond donors (Lipinski definition) is 1. The van der Waals surface area contributed by atoms with Gasteiger partial charge in [-0.05, 0) is 38.3 Å². The van der Waals surface area contributed by atoms with Gasteiger partial charge in [0.25, 0.3) is 0 Å². The highest BCUT2D eigenvalue weighted by Crippen LogP contribution is 2.13. The van der Waals surface area contributed by atoms with Gasteiger partial charge in [0, 0.05) is 0 Å². The quantitative estimate of drug-likeness (QED) is 0.541. The number of hydrogen-bond acceptors (Lipinski definition) is 1. The smallest absolute Gasteiger partial charge is 0.00205 e. The van der Waals surface area contributed by atoms with Crippen LogP contribution in [0, 0.1) is 5.92 Å². The van der Waals surface area contributed by atoms with Gasteiger partial charge in [0.1, 0.15) is 0 Å². The molecule has 0 aliphatic rings. The Balaban J connectivity index is 3.41. The van der Waals surface area contributed by atoms with Crippen LogP contribution in [-0.4, -0.2) is 13.1 Å². The Labute approximate surface area is 84.3 Å². The molecule has 0 saturated heterocycles. The van der Waals surface area contributed by atoms with Crippen LogP contribution >= 0.6 is 0 Å². The Kier molecular flexibility index (Phi) is 10.0. The molecule has 80 valence electrons. The molecule has 0 amide bonds. The summed E-state index contributed by atoms with van der Waals surface area (Å²) in [5, 5.41) is 3.53. The molecule has 1 unspecified atom stereocenters. The molecular formula is C12H27N. The van der Waals surface area contributed by atoms with E-state index < -0.39 is 0 Å². The van der Waals surface area contributed by atoms with Crippen molar-refractivity contribution in [3.63, 3.8) is 0 Å². The molecule has 0 radical (unpaired) electrons. The summed E-state index contributed by atoms with van der Waals surface area (Å²) in [7, 11) is 0. The lowest BCUT2D eigenvalue weighted by molar-refractivity contribution is 0.402. The first-order valence-corrected chi connectivity index (χ1v) is 6.05. The third-order valence-electron chi connectivity index (χ3n) is 2.52. The number of unbranched alkanes of at least 4 members (excludes halogenated alkanes) is 1. The molecule has 0 aromatic rings. The molecule has 0 bridgehead atoms. The van der Waals surface area contributed by atoms with E-state index in [0.29, 0.717) is 0 Å². The van der Waals surface area contributed by atoms with Gasteiger partial charge in [-0.3, -0.25) is 0 Å². The van der Waals surface area contributed by atoms with Gasteiger partial charge < -0.3 is 5.32 Å². The van der Waals surface area contributed by atoms with Crippen LogP contribution in [0.1, 0.15) is 59.3 Å². The zero-order valence-electron chi connectivity index (χ0n) is 9.73. The zero-order valence-corrected chi connectivity index (χ0v) is 9.73. The third kappa shape index (κ3) is 8.29. The van der Waals surface area contributed by atoms with Gasteiger partial charge >= 0.3 is 0 Å². The van der Waals surface area contributed by atoms with Crippen LogP contribution < -0.4 is 5.32 Å². The molecule has 0 aromatic carbocycles. The van der Waals surface area contributed by atoms with Gasteiger partial charge in [0.05, 0.1) is 0 Å². The van der Waals surface area contributed by atoms with Crippen LogP contribution in [0.15, 0.2) is 0 Å². The molecule has 0 fully saturated rings. The van der Waals surface area contributed by atoms with Crippen molar-refractivity contribution in [1.82, 2.24) is 5.32 Å². The van der Waals surface area contributed by atoms with Gasteiger partial charge in [-0.25, -0.2) is 0 Å². The van der Waals surface area contributed by atoms with Gasteiger partial charge in [-0.15, -0.1) is 0 Å². The van der Waals surface area contributed by atoms with Crippen molar-refractivity contribution in [2.24, 2.45) is 5.92 Å². The molecular weight excluding hydrogens is 158 g/mol. The van der Waals surface area contributed by atoms with Crippen molar-refractivity contribution in [1.29, 1.82) is 0 Å². The summed E-state index contributed by atoms with van der Waals surface area (Å²) < 4.78 is 0. The summed E-state index contributed by atoms with van der Waals surface area (Å²) in [6.45, 7) is 9.23. The molecule has 0 spiro atoms. The van der Waals surface area contributed by atoms with Crippen molar-refractivity contribution >= 4 is 0 Å². The van der Waals surface area contributed by atoms with Gasteiger partial charge in [0.2, 0.25) is 0 Å². The van der Waals surface area contributed by atoms with Crippen molar-refractivity contribution in [2.45, 2.75) is 59.3 Å². The largest absolute Gasteiger partial charge is 0.316 e. The summed E-state index contributed by atoms with van der Waals surface area (Å²) in [5.74, 6) is 0.927. The Morgan fingerprint density at radius 1 is 0.923 bits per heavy atom. The minimum atomic E-state index is 0.927. The van der Waals surface area contributed by atoms with E-state index >= 15 is 0 Å². The summed E-state index contributed by atoms with van der Waals surface area (Å²) in [4.78, 5) is 0. The fraction of sp³-hybridized carbons (Fsp3) is 1.00. The highest BCUT2D eigenvalue weighted by molar-refractivity contribution is 4.61. The minimum Gasteiger partial charge on any atom is -0.316 e. The molecule has 0 aromatic heterocycles. The van der Waals surface area contributed by atoms with E-state index in [9.17, 15) is 0 Å². The molecule has 1 N–H and O–H groups in total. The molecule has 1 atom stereocenters. The van der Waals surface area contributed by atoms with Crippen molar-refractivity contribution in [2.75, 3.05) is 13.1 Å². The lowest BCUT2D eigenvalue weighted by atomic mass is 9.97. The maximum absolute atomic E-state index is 3.53. The second-order valence-corrected chi connectivity index (χ2v) is 4.00. The fourth-order valence-electron chi connectivity index (χ4n) is 1.73. The van der Waals surface area contributed by atoms with Crippen LogP contribution in [0.4, 0.5) is 0 Å². The first-order valence-electron chi connectivity index (χ1n) is 6.05. The van der Waals surface area contributed by atoms with E-state index in [4.69, 9.17) is 0 Å². The zero-order chi connectivity index (χ0) is 9.94. The van der Waals surface area contributed by atoms with Gasteiger partial charge in [-0.2, -0.15) is 0 Å². The molecule has 0 rings (SSSR count). The summed E-state index contributed by atoms with van der Waals surface area (Å²) in [6.07, 6.45) is 8.15. The molecule has 1 heteroatoms. The molecule has 0 aliphatic carbocycles. The molecule has 1 nitrogen and oxygen atoms in total. The van der Waals surface area contributed by atoms with E-state index in [0.717, 1.165) is 5.92 Å². The average Bonchev–Trinajstić information content (AvgIpc) is 2.14. The summed E-state index contributed by atoms with van der Waals surface area (Å²) in [5.41, 5.74) is 0. The highest BCUT2D eigenvalue weighted by atomic mass is 14.8. The Bertz CT molecular complexity index is 91.1. The van der Waals surface area contributed by atoms with Crippen LogP contribution in [-0.2, 0) is 0 Å². The second kappa shape index (κ2) is 10.0. The topological polar surface area (TPSA) is 12.0 Å². The highest BCUT2D eigenvalue weighted by Gasteiger charge is 2.05. The molecule has 13 heavy (non-hydrogen) atoms. The van der Waals surface area contributed by atoms with Crippen molar-refractivity contribution in [3.05, 3.63) is 0 Å². The predicted molar refractivity (Wildman–Crippen MR) is 61.1 cm³/mol. The van der Waals surface area contributed by atoms with E-state index in [1.807, 2.05) is 0 Å².